The number of nitrogens with one attached hydrogen (secondary N) is 2. The van der Waals surface area contributed by atoms with Crippen LogP contribution in [0.3, 0.4) is 0 Å². The number of hydrogen-bond donors (Lipinski definition) is 2. The number of likely N-dealkylation sites (N-methyl/N-ethyl adjacent to an activating group) is 1. The summed E-state index contributed by atoms with van der Waals surface area (Å²) in [5.74, 6) is 0.756. The molecule has 0 amide bonds. The van der Waals surface area contributed by atoms with Crippen molar-refractivity contribution in [1.82, 2.24) is 15.5 Å². The van der Waals surface area contributed by atoms with Crippen molar-refractivity contribution in [3.63, 3.8) is 0 Å². The summed E-state index contributed by atoms with van der Waals surface area (Å²) in [4.78, 5) is 17.9. The molecule has 8 heteroatoms. The number of guanidine groups is 1. The number of ether oxygens (including phenoxy) is 2. The number of halogens is 1. The molecule has 0 aliphatic carbocycles. The Labute approximate surface area is 176 Å². The Balaban J connectivity index is 0. The second-order valence-corrected chi connectivity index (χ2v) is 6.08. The van der Waals surface area contributed by atoms with Crippen LogP contribution in [0.25, 0.3) is 0 Å². The van der Waals surface area contributed by atoms with E-state index in [2.05, 4.69) is 39.2 Å². The van der Waals surface area contributed by atoms with Crippen LogP contribution >= 0.6 is 24.0 Å². The van der Waals surface area contributed by atoms with Gasteiger partial charge < -0.3 is 25.0 Å². The molecule has 0 saturated heterocycles. The van der Waals surface area contributed by atoms with Crippen LogP contribution in [-0.2, 0) is 14.3 Å². The third-order valence-corrected chi connectivity index (χ3v) is 3.81. The highest BCUT2D eigenvalue weighted by Gasteiger charge is 2.01. The SMILES string of the molecule is CCNC(=NCCCCCCC(=O)OC)NCCN(C)CCCOC.I. The molecule has 0 aromatic heterocycles. The van der Waals surface area contributed by atoms with E-state index in [1.807, 2.05) is 0 Å². The molecule has 0 spiro atoms. The van der Waals surface area contributed by atoms with Crippen molar-refractivity contribution >= 4 is 35.9 Å². The summed E-state index contributed by atoms with van der Waals surface area (Å²) in [6.45, 7) is 7.42. The van der Waals surface area contributed by atoms with Crippen molar-refractivity contribution in [2.75, 3.05) is 60.6 Å². The predicted molar refractivity (Wildman–Crippen MR) is 118 cm³/mol. The number of methoxy groups -OCH3 is 2. The molecule has 2 N–H and O–H groups in total. The van der Waals surface area contributed by atoms with Gasteiger partial charge in [-0.3, -0.25) is 9.79 Å². The first-order valence-corrected chi connectivity index (χ1v) is 9.40. The number of esters is 1. The highest BCUT2D eigenvalue weighted by molar-refractivity contribution is 14.0. The summed E-state index contributed by atoms with van der Waals surface area (Å²) in [5.41, 5.74) is 0. The van der Waals surface area contributed by atoms with Crippen LogP contribution in [0.1, 0.15) is 45.4 Å². The fraction of sp³-hybridized carbons (Fsp3) is 0.889. The standard InChI is InChI=1S/C18H38N4O3.HI/c1-5-19-18(21-13-15-22(2)14-10-16-24-3)20-12-9-7-6-8-11-17(23)25-4;/h5-16H2,1-4H3,(H2,19,20,21);1H. The summed E-state index contributed by atoms with van der Waals surface area (Å²) in [6, 6.07) is 0. The molecule has 0 bridgehead atoms. The molecule has 7 nitrogen and oxygen atoms in total. The van der Waals surface area contributed by atoms with Crippen molar-refractivity contribution in [3.05, 3.63) is 0 Å². The molecule has 0 rings (SSSR count). The maximum absolute atomic E-state index is 11.0. The quantitative estimate of drug-likeness (QED) is 0.122. The van der Waals surface area contributed by atoms with E-state index in [-0.39, 0.29) is 29.9 Å². The zero-order valence-corrected chi connectivity index (χ0v) is 19.3. The molecule has 0 fully saturated rings. The van der Waals surface area contributed by atoms with Gasteiger partial charge in [0.05, 0.1) is 7.11 Å². The minimum Gasteiger partial charge on any atom is -0.469 e. The zero-order valence-electron chi connectivity index (χ0n) is 17.0. The van der Waals surface area contributed by atoms with Gasteiger partial charge in [0.1, 0.15) is 0 Å². The van der Waals surface area contributed by atoms with Gasteiger partial charge in [-0.15, -0.1) is 24.0 Å². The van der Waals surface area contributed by atoms with Crippen LogP contribution in [0, 0.1) is 0 Å². The molecular formula is C18H39IN4O3. The Morgan fingerprint density at radius 1 is 1.04 bits per heavy atom. The first kappa shape index (κ1) is 27.6. The second kappa shape index (κ2) is 20.7. The monoisotopic (exact) mass is 486 g/mol. The maximum atomic E-state index is 11.0. The highest BCUT2D eigenvalue weighted by atomic mass is 127. The zero-order chi connectivity index (χ0) is 18.8. The molecule has 0 aromatic rings. The lowest BCUT2D eigenvalue weighted by Gasteiger charge is -2.18. The summed E-state index contributed by atoms with van der Waals surface area (Å²) in [5, 5.41) is 6.64. The van der Waals surface area contributed by atoms with Gasteiger partial charge in [-0.05, 0) is 33.2 Å². The molecule has 0 radical (unpaired) electrons. The highest BCUT2D eigenvalue weighted by Crippen LogP contribution is 2.03. The molecule has 0 saturated carbocycles. The van der Waals surface area contributed by atoms with Crippen molar-refractivity contribution in [3.8, 4) is 0 Å². The van der Waals surface area contributed by atoms with Gasteiger partial charge in [0, 0.05) is 52.9 Å². The lowest BCUT2D eigenvalue weighted by Crippen LogP contribution is -2.41. The van der Waals surface area contributed by atoms with E-state index in [9.17, 15) is 4.79 Å². The van der Waals surface area contributed by atoms with Gasteiger partial charge >= 0.3 is 5.97 Å². The van der Waals surface area contributed by atoms with Crippen molar-refractivity contribution < 1.29 is 14.3 Å². The van der Waals surface area contributed by atoms with Crippen molar-refractivity contribution in [1.29, 1.82) is 0 Å². The summed E-state index contributed by atoms with van der Waals surface area (Å²) in [6.07, 6.45) is 5.63. The molecule has 0 aliphatic heterocycles. The lowest BCUT2D eigenvalue weighted by atomic mass is 10.1. The van der Waals surface area contributed by atoms with Crippen LogP contribution in [0.2, 0.25) is 0 Å². The Bertz CT molecular complexity index is 357. The largest absolute Gasteiger partial charge is 0.469 e. The van der Waals surface area contributed by atoms with Crippen LogP contribution < -0.4 is 10.6 Å². The number of carbonyl (C=O) groups excluding carboxylic acids is 1. The Kier molecular flexibility index (Phi) is 22.0. The summed E-state index contributed by atoms with van der Waals surface area (Å²) in [7, 11) is 5.29. The molecule has 0 unspecified atom stereocenters. The molecule has 0 aliphatic rings. The molecule has 26 heavy (non-hydrogen) atoms. The number of nitrogens with zero attached hydrogens (tertiary/aromatic N) is 2. The van der Waals surface area contributed by atoms with Crippen LogP contribution in [0.15, 0.2) is 4.99 Å². The average molecular weight is 486 g/mol. The second-order valence-electron chi connectivity index (χ2n) is 6.08. The lowest BCUT2D eigenvalue weighted by molar-refractivity contribution is -0.140. The van der Waals surface area contributed by atoms with E-state index >= 15 is 0 Å². The first-order valence-electron chi connectivity index (χ1n) is 9.40. The van der Waals surface area contributed by atoms with E-state index < -0.39 is 0 Å². The molecule has 156 valence electrons. The van der Waals surface area contributed by atoms with Crippen molar-refractivity contribution in [2.24, 2.45) is 4.99 Å². The fourth-order valence-electron chi connectivity index (χ4n) is 2.33. The van der Waals surface area contributed by atoms with Crippen molar-refractivity contribution in [2.45, 2.75) is 45.4 Å². The van der Waals surface area contributed by atoms with E-state index in [0.29, 0.717) is 6.42 Å². The number of hydrogen-bond acceptors (Lipinski definition) is 5. The van der Waals surface area contributed by atoms with E-state index in [0.717, 1.165) is 77.4 Å². The van der Waals surface area contributed by atoms with E-state index in [1.54, 1.807) is 7.11 Å². The van der Waals surface area contributed by atoms with Gasteiger partial charge in [-0.1, -0.05) is 12.8 Å². The van der Waals surface area contributed by atoms with Crippen LogP contribution in [-0.4, -0.2) is 77.4 Å². The topological polar surface area (TPSA) is 75.2 Å². The molecular weight excluding hydrogens is 447 g/mol. The van der Waals surface area contributed by atoms with Crippen LogP contribution in [0.4, 0.5) is 0 Å². The number of carbonyl (C=O) groups is 1. The molecule has 0 atom stereocenters. The Hall–Kier alpha value is -0.610. The minimum absolute atomic E-state index is 0. The number of unbranched alkanes of at least 4 members (excludes halogenated alkanes) is 3. The van der Waals surface area contributed by atoms with Crippen LogP contribution in [0.5, 0.6) is 0 Å². The Morgan fingerprint density at radius 2 is 1.77 bits per heavy atom. The third kappa shape index (κ3) is 18.2. The van der Waals surface area contributed by atoms with E-state index in [1.165, 1.54) is 7.11 Å². The summed E-state index contributed by atoms with van der Waals surface area (Å²) < 4.78 is 9.70. The molecule has 0 heterocycles. The number of rotatable bonds is 15. The smallest absolute Gasteiger partial charge is 0.305 e. The molecule has 0 aromatic carbocycles. The fourth-order valence-corrected chi connectivity index (χ4v) is 2.33. The summed E-state index contributed by atoms with van der Waals surface area (Å²) >= 11 is 0. The minimum atomic E-state index is -0.121. The van der Waals surface area contributed by atoms with Gasteiger partial charge in [-0.2, -0.15) is 0 Å². The van der Waals surface area contributed by atoms with Gasteiger partial charge in [0.2, 0.25) is 0 Å². The first-order chi connectivity index (χ1) is 12.1. The number of aliphatic imine (C=N–C) groups is 1. The van der Waals surface area contributed by atoms with Gasteiger partial charge in [0.15, 0.2) is 5.96 Å². The van der Waals surface area contributed by atoms with E-state index in [4.69, 9.17) is 4.74 Å². The Morgan fingerprint density at radius 3 is 2.42 bits per heavy atom. The third-order valence-electron chi connectivity index (χ3n) is 3.81. The predicted octanol–water partition coefficient (Wildman–Crippen LogP) is 2.25. The normalized spacial score (nSPS) is 11.2. The van der Waals surface area contributed by atoms with Gasteiger partial charge in [-0.25, -0.2) is 0 Å². The maximum Gasteiger partial charge on any atom is 0.305 e. The average Bonchev–Trinajstić information content (AvgIpc) is 2.60. The van der Waals surface area contributed by atoms with Gasteiger partial charge in [0.25, 0.3) is 0 Å².